The van der Waals surface area contributed by atoms with Crippen LogP contribution in [0, 0.1) is 5.41 Å². The first kappa shape index (κ1) is 33.0. The van der Waals surface area contributed by atoms with Crippen molar-refractivity contribution in [3.63, 3.8) is 0 Å². The zero-order valence-corrected chi connectivity index (χ0v) is 27.2. The van der Waals surface area contributed by atoms with E-state index in [4.69, 9.17) is 10.5 Å². The minimum absolute atomic E-state index is 0.0143. The third-order valence-corrected chi connectivity index (χ3v) is 10.2. The van der Waals surface area contributed by atoms with Gasteiger partial charge in [-0.05, 0) is 37.7 Å². The molecule has 14 nitrogen and oxygen atoms in total. The molecule has 3 amide bonds. The van der Waals surface area contributed by atoms with E-state index in [1.54, 1.807) is 23.3 Å². The highest BCUT2D eigenvalue weighted by atomic mass is 32.2. The molecule has 1 saturated heterocycles. The summed E-state index contributed by atoms with van der Waals surface area (Å²) < 4.78 is 35.2. The van der Waals surface area contributed by atoms with E-state index in [1.807, 2.05) is 45.0 Å². The Morgan fingerprint density at radius 3 is 2.46 bits per heavy atom. The summed E-state index contributed by atoms with van der Waals surface area (Å²) in [6.45, 7) is 10.6. The van der Waals surface area contributed by atoms with E-state index in [0.717, 1.165) is 5.39 Å². The van der Waals surface area contributed by atoms with E-state index in [2.05, 4.69) is 31.8 Å². The number of aromatic nitrogens is 4. The Bertz CT molecular complexity index is 1750. The predicted octanol–water partition coefficient (Wildman–Crippen LogP) is 1.60. The van der Waals surface area contributed by atoms with Gasteiger partial charge in [-0.2, -0.15) is 0 Å². The van der Waals surface area contributed by atoms with Crippen molar-refractivity contribution in [3.8, 4) is 11.7 Å². The number of ether oxygens (including phenoxy) is 1. The van der Waals surface area contributed by atoms with Crippen molar-refractivity contribution in [2.75, 3.05) is 6.54 Å². The molecule has 0 bridgehead atoms. The van der Waals surface area contributed by atoms with Gasteiger partial charge in [-0.3, -0.25) is 23.7 Å². The average molecular weight is 653 g/mol. The van der Waals surface area contributed by atoms with Crippen LogP contribution in [0.5, 0.6) is 5.88 Å². The number of carbonyl (C=O) groups excluding carboxylic acids is 3. The predicted molar refractivity (Wildman–Crippen MR) is 170 cm³/mol. The summed E-state index contributed by atoms with van der Waals surface area (Å²) in [5.74, 6) is -1.23. The van der Waals surface area contributed by atoms with Gasteiger partial charge in [0, 0.05) is 29.6 Å². The summed E-state index contributed by atoms with van der Waals surface area (Å²) >= 11 is 0. The molecule has 0 spiro atoms. The number of amides is 3. The second-order valence-electron chi connectivity index (χ2n) is 13.2. The SMILES string of the molecule is C=CC[C@@](C)(NC(=O)[C@@H]1C[C@@H](Oc2nnc(-n3ccnc3)c3ccccc23)CN1C(=O)[C@@H](N)C(C)(C)C)C(=O)NS(=O)(=O)C1CC1. The lowest BCUT2D eigenvalue weighted by molar-refractivity contribution is -0.142. The quantitative estimate of drug-likeness (QED) is 0.256. The molecular weight excluding hydrogens is 612 g/mol. The number of hydrogen-bond donors (Lipinski definition) is 3. The Morgan fingerprint density at radius 2 is 1.85 bits per heavy atom. The second-order valence-corrected chi connectivity index (χ2v) is 15.1. The summed E-state index contributed by atoms with van der Waals surface area (Å²) in [7, 11) is -3.88. The van der Waals surface area contributed by atoms with Gasteiger partial charge < -0.3 is 20.7 Å². The minimum atomic E-state index is -3.88. The number of nitrogens with two attached hydrogens (primary N) is 1. The molecule has 1 saturated carbocycles. The number of nitrogens with one attached hydrogen (secondary N) is 2. The van der Waals surface area contributed by atoms with Gasteiger partial charge in [-0.1, -0.05) is 45.0 Å². The number of imidazole rings is 1. The van der Waals surface area contributed by atoms with Crippen molar-refractivity contribution < 1.29 is 27.5 Å². The molecule has 0 radical (unpaired) electrons. The highest BCUT2D eigenvalue weighted by Crippen LogP contribution is 2.32. The fraction of sp³-hybridized carbons (Fsp3) is 0.484. The van der Waals surface area contributed by atoms with Crippen molar-refractivity contribution in [2.45, 2.75) is 82.4 Å². The third-order valence-electron chi connectivity index (χ3n) is 8.36. The molecule has 2 aliphatic rings. The molecule has 2 fully saturated rings. The van der Waals surface area contributed by atoms with Gasteiger partial charge in [-0.25, -0.2) is 13.4 Å². The molecule has 3 heterocycles. The Balaban J connectivity index is 1.42. The molecule has 4 atom stereocenters. The van der Waals surface area contributed by atoms with E-state index in [9.17, 15) is 22.8 Å². The standard InChI is InChI=1S/C31H40N8O6S/c1-6-13-31(5,29(42)37-46(43,44)20-11-12-20)34-26(40)23-16-19(17-39(23)28(41)24(32)30(2,3)4)45-27-22-10-8-7-9-21(22)25(35-36-27)38-15-14-33-18-38/h6-10,14-15,18-20,23-24H,1,11-13,16-17,32H2,2-5H3,(H,34,40)(H,37,42)/t19-,23+,24-,31-/m1/s1. The molecule has 46 heavy (non-hydrogen) atoms. The highest BCUT2D eigenvalue weighted by Gasteiger charge is 2.47. The molecule has 3 aromatic rings. The molecule has 5 rings (SSSR count). The number of nitrogens with zero attached hydrogens (tertiary/aromatic N) is 5. The lowest BCUT2D eigenvalue weighted by atomic mass is 9.86. The van der Waals surface area contributed by atoms with Crippen LogP contribution in [0.15, 0.2) is 55.6 Å². The Kier molecular flexibility index (Phi) is 8.92. The van der Waals surface area contributed by atoms with Crippen LogP contribution in [0.25, 0.3) is 16.6 Å². The molecule has 246 valence electrons. The van der Waals surface area contributed by atoms with Crippen LogP contribution in [0.3, 0.4) is 0 Å². The number of benzene rings is 1. The molecule has 15 heteroatoms. The average Bonchev–Trinajstić information content (AvgIpc) is 3.57. The number of sulfonamides is 1. The van der Waals surface area contributed by atoms with E-state index in [1.165, 1.54) is 17.9 Å². The number of carbonyl (C=O) groups is 3. The third kappa shape index (κ3) is 6.75. The first-order valence-corrected chi connectivity index (χ1v) is 16.6. The van der Waals surface area contributed by atoms with Gasteiger partial charge in [0.15, 0.2) is 5.82 Å². The smallest absolute Gasteiger partial charge is 0.259 e. The molecule has 0 unspecified atom stereocenters. The second kappa shape index (κ2) is 12.4. The molecule has 2 aromatic heterocycles. The van der Waals surface area contributed by atoms with Gasteiger partial charge in [0.2, 0.25) is 27.7 Å². The number of likely N-dealkylation sites (tertiary alicyclic amines) is 1. The topological polar surface area (TPSA) is 191 Å². The van der Waals surface area contributed by atoms with E-state index < -0.39 is 62.1 Å². The maximum absolute atomic E-state index is 13.9. The summed E-state index contributed by atoms with van der Waals surface area (Å²) in [6, 6.07) is 5.41. The maximum atomic E-state index is 13.9. The summed E-state index contributed by atoms with van der Waals surface area (Å²) in [4.78, 5) is 46.4. The van der Waals surface area contributed by atoms with Crippen LogP contribution in [-0.4, -0.2) is 86.3 Å². The van der Waals surface area contributed by atoms with Gasteiger partial charge in [0.1, 0.15) is 24.0 Å². The minimum Gasteiger partial charge on any atom is -0.471 e. The first-order valence-electron chi connectivity index (χ1n) is 15.1. The van der Waals surface area contributed by atoms with Gasteiger partial charge in [-0.15, -0.1) is 16.8 Å². The first-order chi connectivity index (χ1) is 21.6. The van der Waals surface area contributed by atoms with Crippen LogP contribution in [0.4, 0.5) is 0 Å². The summed E-state index contributed by atoms with van der Waals surface area (Å²) in [5, 5.41) is 12.2. The van der Waals surface area contributed by atoms with Crippen LogP contribution in [0.2, 0.25) is 0 Å². The Labute approximate surface area is 267 Å². The molecule has 1 aromatic carbocycles. The van der Waals surface area contributed by atoms with Crippen molar-refractivity contribution >= 4 is 38.5 Å². The summed E-state index contributed by atoms with van der Waals surface area (Å²) in [5.41, 5.74) is 4.09. The number of fused-ring (bicyclic) bond motifs is 1. The number of hydrogen-bond acceptors (Lipinski definition) is 10. The molecule has 1 aliphatic heterocycles. The molecule has 1 aliphatic carbocycles. The Morgan fingerprint density at radius 1 is 1.15 bits per heavy atom. The van der Waals surface area contributed by atoms with Crippen LogP contribution >= 0.6 is 0 Å². The van der Waals surface area contributed by atoms with Crippen LogP contribution in [0.1, 0.15) is 53.4 Å². The summed E-state index contributed by atoms with van der Waals surface area (Å²) in [6.07, 6.45) is 6.66. The monoisotopic (exact) mass is 652 g/mol. The van der Waals surface area contributed by atoms with Gasteiger partial charge >= 0.3 is 0 Å². The fourth-order valence-electron chi connectivity index (χ4n) is 5.36. The van der Waals surface area contributed by atoms with Crippen molar-refractivity contribution in [2.24, 2.45) is 11.1 Å². The van der Waals surface area contributed by atoms with E-state index >= 15 is 0 Å². The van der Waals surface area contributed by atoms with Crippen LogP contribution < -0.4 is 20.5 Å². The zero-order chi connectivity index (χ0) is 33.4. The largest absolute Gasteiger partial charge is 0.471 e. The van der Waals surface area contributed by atoms with Crippen molar-refractivity contribution in [1.29, 1.82) is 0 Å². The highest BCUT2D eigenvalue weighted by molar-refractivity contribution is 7.90. The molecule has 4 N–H and O–H groups in total. The van der Waals surface area contributed by atoms with Crippen LogP contribution in [-0.2, 0) is 24.4 Å². The van der Waals surface area contributed by atoms with Gasteiger partial charge in [0.25, 0.3) is 5.91 Å². The van der Waals surface area contributed by atoms with Crippen molar-refractivity contribution in [3.05, 3.63) is 55.6 Å². The van der Waals surface area contributed by atoms with Crippen molar-refractivity contribution in [1.82, 2.24) is 34.7 Å². The number of rotatable bonds is 11. The van der Waals surface area contributed by atoms with E-state index in [-0.39, 0.29) is 25.3 Å². The Hall–Kier alpha value is -4.37. The maximum Gasteiger partial charge on any atom is 0.259 e. The lowest BCUT2D eigenvalue weighted by Crippen LogP contribution is -2.62. The van der Waals surface area contributed by atoms with E-state index in [0.29, 0.717) is 24.0 Å². The zero-order valence-electron chi connectivity index (χ0n) is 26.3. The molecular formula is C31H40N8O6S. The normalized spacial score (nSPS) is 20.5. The fourth-order valence-corrected chi connectivity index (χ4v) is 6.76. The lowest BCUT2D eigenvalue weighted by Gasteiger charge is -2.34. The van der Waals surface area contributed by atoms with Gasteiger partial charge in [0.05, 0.1) is 17.8 Å².